The molecule has 0 aromatic carbocycles. The van der Waals surface area contributed by atoms with Crippen LogP contribution in [0, 0.1) is 45.8 Å². The second kappa shape index (κ2) is 8.32. The van der Waals surface area contributed by atoms with Crippen molar-refractivity contribution in [3.63, 3.8) is 0 Å². The lowest BCUT2D eigenvalue weighted by molar-refractivity contribution is -0.241. The highest BCUT2D eigenvalue weighted by atomic mass is 16.3. The van der Waals surface area contributed by atoms with Crippen LogP contribution in [0.25, 0.3) is 0 Å². The SMILES string of the molecule is CC(C)=CCCC(C)(O)C1CCC2(C)C3CC(O)C4C(C)(C)C(O)CCC4(C)C3CC(O)C12. The molecule has 11 atom stereocenters. The lowest BCUT2D eigenvalue weighted by Crippen LogP contribution is -2.66. The maximum Gasteiger partial charge on any atom is 0.0654 e. The molecule has 0 saturated heterocycles. The monoisotopic (exact) mass is 462 g/mol. The molecule has 0 aromatic rings. The Kier molecular flexibility index (Phi) is 6.47. The Morgan fingerprint density at radius 3 is 2.12 bits per heavy atom. The van der Waals surface area contributed by atoms with Crippen LogP contribution in [0.2, 0.25) is 0 Å². The van der Waals surface area contributed by atoms with Gasteiger partial charge in [-0.05, 0) is 118 Å². The highest BCUT2D eigenvalue weighted by Crippen LogP contribution is 2.71. The third kappa shape index (κ3) is 3.86. The van der Waals surface area contributed by atoms with Crippen molar-refractivity contribution in [2.24, 2.45) is 45.8 Å². The van der Waals surface area contributed by atoms with Crippen LogP contribution in [0.5, 0.6) is 0 Å². The Morgan fingerprint density at radius 2 is 1.48 bits per heavy atom. The molecule has 0 radical (unpaired) electrons. The number of hydrogen-bond donors (Lipinski definition) is 4. The van der Waals surface area contributed by atoms with E-state index in [-0.39, 0.29) is 40.1 Å². The van der Waals surface area contributed by atoms with Gasteiger partial charge in [-0.2, -0.15) is 0 Å². The topological polar surface area (TPSA) is 80.9 Å². The molecule has 4 N–H and O–H groups in total. The molecule has 0 aromatic heterocycles. The van der Waals surface area contributed by atoms with E-state index < -0.39 is 17.8 Å². The van der Waals surface area contributed by atoms with Gasteiger partial charge >= 0.3 is 0 Å². The molecule has 0 amide bonds. The van der Waals surface area contributed by atoms with Crippen molar-refractivity contribution in [3.05, 3.63) is 11.6 Å². The molecule has 4 heteroatoms. The summed E-state index contributed by atoms with van der Waals surface area (Å²) in [6.07, 6.45) is 7.74. The van der Waals surface area contributed by atoms with Crippen LogP contribution in [0.3, 0.4) is 0 Å². The summed E-state index contributed by atoms with van der Waals surface area (Å²) in [6.45, 7) is 15.1. The van der Waals surface area contributed by atoms with Crippen LogP contribution >= 0.6 is 0 Å². The highest BCUT2D eigenvalue weighted by Gasteiger charge is 2.68. The summed E-state index contributed by atoms with van der Waals surface area (Å²) in [5, 5.41) is 45.5. The Hall–Kier alpha value is -0.420. The van der Waals surface area contributed by atoms with E-state index >= 15 is 0 Å². The average Bonchev–Trinajstić information content (AvgIpc) is 3.06. The van der Waals surface area contributed by atoms with Gasteiger partial charge in [-0.25, -0.2) is 0 Å². The van der Waals surface area contributed by atoms with Crippen LogP contribution in [-0.4, -0.2) is 44.3 Å². The first-order valence-electron chi connectivity index (χ1n) is 13.6. The van der Waals surface area contributed by atoms with Crippen LogP contribution in [0.4, 0.5) is 0 Å². The van der Waals surface area contributed by atoms with Gasteiger partial charge in [0, 0.05) is 0 Å². The second-order valence-electron chi connectivity index (χ2n) is 14.0. The number of aliphatic hydroxyl groups is 4. The Bertz CT molecular complexity index is 768. The third-order valence-electron chi connectivity index (χ3n) is 11.5. The quantitative estimate of drug-likeness (QED) is 0.439. The molecule has 4 aliphatic carbocycles. The predicted octanol–water partition coefficient (Wildman–Crippen LogP) is 5.08. The molecule has 190 valence electrons. The summed E-state index contributed by atoms with van der Waals surface area (Å²) in [6, 6.07) is 0. The van der Waals surface area contributed by atoms with E-state index in [1.54, 1.807) is 0 Å². The number of aliphatic hydroxyl groups excluding tert-OH is 3. The number of allylic oxidation sites excluding steroid dienone is 2. The van der Waals surface area contributed by atoms with Crippen LogP contribution in [0.15, 0.2) is 11.6 Å². The first kappa shape index (κ1) is 25.7. The van der Waals surface area contributed by atoms with Crippen molar-refractivity contribution in [2.75, 3.05) is 0 Å². The van der Waals surface area contributed by atoms with E-state index in [1.807, 2.05) is 6.92 Å². The first-order chi connectivity index (χ1) is 15.2. The molecule has 33 heavy (non-hydrogen) atoms. The number of fused-ring (bicyclic) bond motifs is 5. The Balaban J connectivity index is 1.64. The largest absolute Gasteiger partial charge is 0.393 e. The van der Waals surface area contributed by atoms with Crippen molar-refractivity contribution >= 4 is 0 Å². The molecule has 0 bridgehead atoms. The molecule has 0 spiro atoms. The second-order valence-corrected chi connectivity index (χ2v) is 14.0. The molecule has 4 nitrogen and oxygen atoms in total. The molecule has 4 rings (SSSR count). The van der Waals surface area contributed by atoms with Crippen molar-refractivity contribution in [3.8, 4) is 0 Å². The van der Waals surface area contributed by atoms with Gasteiger partial charge in [-0.1, -0.05) is 39.3 Å². The van der Waals surface area contributed by atoms with E-state index in [2.05, 4.69) is 47.6 Å². The fourth-order valence-corrected chi connectivity index (χ4v) is 9.92. The smallest absolute Gasteiger partial charge is 0.0654 e. The maximum absolute atomic E-state index is 11.6. The molecule has 11 unspecified atom stereocenters. The number of rotatable bonds is 4. The van der Waals surface area contributed by atoms with Gasteiger partial charge in [0.15, 0.2) is 0 Å². The van der Waals surface area contributed by atoms with E-state index in [0.717, 1.165) is 51.4 Å². The summed E-state index contributed by atoms with van der Waals surface area (Å²) >= 11 is 0. The summed E-state index contributed by atoms with van der Waals surface area (Å²) in [5.41, 5.74) is 0.0144. The van der Waals surface area contributed by atoms with Crippen molar-refractivity contribution in [2.45, 2.75) is 124 Å². The van der Waals surface area contributed by atoms with Gasteiger partial charge < -0.3 is 20.4 Å². The zero-order valence-corrected chi connectivity index (χ0v) is 22.1. The maximum atomic E-state index is 11.6. The van der Waals surface area contributed by atoms with E-state index in [9.17, 15) is 20.4 Å². The summed E-state index contributed by atoms with van der Waals surface area (Å²) in [7, 11) is 0. The van der Waals surface area contributed by atoms with Gasteiger partial charge in [-0.3, -0.25) is 0 Å². The number of hydrogen-bond acceptors (Lipinski definition) is 4. The van der Waals surface area contributed by atoms with E-state index in [1.165, 1.54) is 5.57 Å². The normalized spacial score (nSPS) is 50.5. The summed E-state index contributed by atoms with van der Waals surface area (Å²) in [4.78, 5) is 0. The first-order valence-corrected chi connectivity index (χ1v) is 13.6. The van der Waals surface area contributed by atoms with Gasteiger partial charge in [0.2, 0.25) is 0 Å². The van der Waals surface area contributed by atoms with Gasteiger partial charge in [-0.15, -0.1) is 0 Å². The van der Waals surface area contributed by atoms with Crippen LogP contribution < -0.4 is 0 Å². The minimum atomic E-state index is -0.793. The molecule has 4 saturated carbocycles. The van der Waals surface area contributed by atoms with E-state index in [0.29, 0.717) is 11.8 Å². The lowest BCUT2D eigenvalue weighted by atomic mass is 9.39. The van der Waals surface area contributed by atoms with Crippen molar-refractivity contribution in [1.29, 1.82) is 0 Å². The predicted molar refractivity (Wildman–Crippen MR) is 132 cm³/mol. The van der Waals surface area contributed by atoms with Gasteiger partial charge in [0.05, 0.1) is 23.9 Å². The standard InChI is InChI=1S/C29H50O4/c1-17(2)9-8-12-29(7,33)18-10-13-27(5)19-16-22(31)25-26(3,4)23(32)11-14-28(25,6)20(19)15-21(30)24(18)27/h9,18-25,30-33H,8,10-16H2,1-7H3. The van der Waals surface area contributed by atoms with Crippen molar-refractivity contribution in [1.82, 2.24) is 0 Å². The third-order valence-corrected chi connectivity index (χ3v) is 11.5. The average molecular weight is 463 g/mol. The minimum absolute atomic E-state index is 0.0479. The zero-order chi connectivity index (χ0) is 24.6. The molecule has 4 aliphatic rings. The zero-order valence-electron chi connectivity index (χ0n) is 22.1. The fourth-order valence-electron chi connectivity index (χ4n) is 9.92. The molecule has 0 aliphatic heterocycles. The molecular weight excluding hydrogens is 412 g/mol. The fraction of sp³-hybridized carbons (Fsp3) is 0.931. The minimum Gasteiger partial charge on any atom is -0.393 e. The van der Waals surface area contributed by atoms with E-state index in [4.69, 9.17) is 0 Å². The highest BCUT2D eigenvalue weighted by molar-refractivity contribution is 5.17. The lowest BCUT2D eigenvalue weighted by Gasteiger charge is -2.67. The molecule has 4 fully saturated rings. The molecular formula is C29H50O4. The van der Waals surface area contributed by atoms with Crippen molar-refractivity contribution < 1.29 is 20.4 Å². The van der Waals surface area contributed by atoms with Gasteiger partial charge in [0.1, 0.15) is 0 Å². The van der Waals surface area contributed by atoms with Crippen LogP contribution in [0.1, 0.15) is 99.8 Å². The Morgan fingerprint density at radius 1 is 0.909 bits per heavy atom. The Labute approximate surface area is 201 Å². The summed E-state index contributed by atoms with van der Waals surface area (Å²) < 4.78 is 0. The van der Waals surface area contributed by atoms with Gasteiger partial charge in [0.25, 0.3) is 0 Å². The van der Waals surface area contributed by atoms with Crippen LogP contribution in [-0.2, 0) is 0 Å². The summed E-state index contributed by atoms with van der Waals surface area (Å²) in [5.74, 6) is 0.924. The molecule has 0 heterocycles.